The van der Waals surface area contributed by atoms with Crippen LogP contribution in [0.3, 0.4) is 0 Å². The molecule has 0 atom stereocenters. The van der Waals surface area contributed by atoms with Crippen LogP contribution in [0.5, 0.6) is 0 Å². The lowest BCUT2D eigenvalue weighted by atomic mass is 10.5. The summed E-state index contributed by atoms with van der Waals surface area (Å²) in [6.45, 7) is 3.88. The van der Waals surface area contributed by atoms with Crippen LogP contribution >= 0.6 is 0 Å². The lowest BCUT2D eigenvalue weighted by molar-refractivity contribution is 0.491. The van der Waals surface area contributed by atoms with Crippen molar-refractivity contribution < 1.29 is 0 Å². The van der Waals surface area contributed by atoms with Gasteiger partial charge in [0.2, 0.25) is 5.96 Å². The largest absolute Gasteiger partial charge is 0.362 e. The highest BCUT2D eigenvalue weighted by Crippen LogP contribution is 1.91. The topological polar surface area (TPSA) is 43.2 Å². The molecule has 0 amide bonds. The maximum atomic E-state index is 4.44. The van der Waals surface area contributed by atoms with Gasteiger partial charge in [-0.1, -0.05) is 0 Å². The molecule has 0 aromatic carbocycles. The molecular weight excluding hydrogens is 190 g/mol. The maximum absolute atomic E-state index is 4.44. The molecule has 0 radical (unpaired) electrons. The Bertz CT molecular complexity index is 232. The molecule has 5 heteroatoms. The first-order valence-electron chi connectivity index (χ1n) is 5.08. The summed E-state index contributed by atoms with van der Waals surface area (Å²) in [5.74, 6) is 1.71. The SMILES string of the molecule is CN=C(N=C(C)N(C)CCNC)N(C)C. The predicted octanol–water partition coefficient (Wildman–Crippen LogP) is 0.103. The molecule has 15 heavy (non-hydrogen) atoms. The van der Waals surface area contributed by atoms with Gasteiger partial charge < -0.3 is 15.1 Å². The van der Waals surface area contributed by atoms with Gasteiger partial charge in [0.25, 0.3) is 0 Å². The summed E-state index contributed by atoms with van der Waals surface area (Å²) in [5.41, 5.74) is 0. The van der Waals surface area contributed by atoms with Gasteiger partial charge in [0, 0.05) is 41.3 Å². The number of aliphatic imine (C=N–C) groups is 2. The van der Waals surface area contributed by atoms with Gasteiger partial charge in [-0.2, -0.15) is 0 Å². The van der Waals surface area contributed by atoms with Crippen LogP contribution in [-0.2, 0) is 0 Å². The van der Waals surface area contributed by atoms with Gasteiger partial charge in [0.15, 0.2) is 0 Å². The monoisotopic (exact) mass is 213 g/mol. The van der Waals surface area contributed by atoms with Crippen molar-refractivity contribution >= 4 is 11.8 Å². The van der Waals surface area contributed by atoms with Gasteiger partial charge in [-0.3, -0.25) is 4.99 Å². The molecule has 1 N–H and O–H groups in total. The quantitative estimate of drug-likeness (QED) is 0.534. The van der Waals surface area contributed by atoms with E-state index in [1.807, 2.05) is 40.0 Å². The zero-order chi connectivity index (χ0) is 11.8. The lowest BCUT2D eigenvalue weighted by Crippen LogP contribution is -2.33. The Kier molecular flexibility index (Phi) is 6.70. The van der Waals surface area contributed by atoms with Gasteiger partial charge >= 0.3 is 0 Å². The normalized spacial score (nSPS) is 12.9. The van der Waals surface area contributed by atoms with Crippen molar-refractivity contribution in [3.63, 3.8) is 0 Å². The standard InChI is InChI=1S/C10H23N5/c1-9(15(6)8-7-11-2)13-10(12-3)14(4)5/h11H,7-8H2,1-6H3. The predicted molar refractivity (Wildman–Crippen MR) is 66.7 cm³/mol. The van der Waals surface area contributed by atoms with Crippen LogP contribution in [0.2, 0.25) is 0 Å². The highest BCUT2D eigenvalue weighted by atomic mass is 15.3. The van der Waals surface area contributed by atoms with Crippen LogP contribution in [0.4, 0.5) is 0 Å². The van der Waals surface area contributed by atoms with Crippen LogP contribution in [0, 0.1) is 0 Å². The Morgan fingerprint density at radius 3 is 2.27 bits per heavy atom. The van der Waals surface area contributed by atoms with E-state index in [2.05, 4.69) is 20.2 Å². The minimum absolute atomic E-state index is 0.740. The van der Waals surface area contributed by atoms with Crippen LogP contribution in [0.1, 0.15) is 6.92 Å². The molecular formula is C10H23N5. The van der Waals surface area contributed by atoms with E-state index in [9.17, 15) is 0 Å². The van der Waals surface area contributed by atoms with Gasteiger partial charge in [0.1, 0.15) is 5.84 Å². The van der Waals surface area contributed by atoms with E-state index in [1.54, 1.807) is 7.05 Å². The summed E-state index contributed by atoms with van der Waals surface area (Å²) in [6.07, 6.45) is 0. The number of likely N-dealkylation sites (N-methyl/N-ethyl adjacent to an activating group) is 2. The van der Waals surface area contributed by atoms with Crippen LogP contribution < -0.4 is 5.32 Å². The first-order valence-corrected chi connectivity index (χ1v) is 5.08. The van der Waals surface area contributed by atoms with Gasteiger partial charge in [-0.05, 0) is 14.0 Å². The maximum Gasteiger partial charge on any atom is 0.221 e. The number of hydrogen-bond acceptors (Lipinski definition) is 2. The Morgan fingerprint density at radius 1 is 1.27 bits per heavy atom. The van der Waals surface area contributed by atoms with Gasteiger partial charge in [-0.15, -0.1) is 0 Å². The minimum atomic E-state index is 0.740. The molecule has 0 spiro atoms. The van der Waals surface area contributed by atoms with Crippen molar-refractivity contribution in [3.05, 3.63) is 0 Å². The number of guanidine groups is 1. The molecule has 0 saturated carbocycles. The molecule has 0 aliphatic carbocycles. The van der Waals surface area contributed by atoms with E-state index < -0.39 is 0 Å². The van der Waals surface area contributed by atoms with Crippen LogP contribution in [0.25, 0.3) is 0 Å². The average Bonchev–Trinajstić information content (AvgIpc) is 2.21. The highest BCUT2D eigenvalue weighted by molar-refractivity contribution is 5.94. The third-order valence-corrected chi connectivity index (χ3v) is 2.11. The minimum Gasteiger partial charge on any atom is -0.362 e. The summed E-state index contributed by atoms with van der Waals surface area (Å²) in [4.78, 5) is 12.5. The molecule has 0 aromatic heterocycles. The van der Waals surface area contributed by atoms with Crippen molar-refractivity contribution in [2.75, 3.05) is 48.3 Å². The fourth-order valence-corrected chi connectivity index (χ4v) is 1.02. The second kappa shape index (κ2) is 7.23. The second-order valence-corrected chi connectivity index (χ2v) is 3.60. The Morgan fingerprint density at radius 2 is 1.87 bits per heavy atom. The molecule has 0 fully saturated rings. The molecule has 0 saturated heterocycles. The molecule has 0 aliphatic heterocycles. The summed E-state index contributed by atoms with van der Waals surface area (Å²) in [6, 6.07) is 0. The summed E-state index contributed by atoms with van der Waals surface area (Å²) < 4.78 is 0. The van der Waals surface area contributed by atoms with Crippen LogP contribution in [-0.4, -0.2) is 69.9 Å². The number of nitrogens with one attached hydrogen (secondary N) is 1. The molecule has 0 aliphatic rings. The molecule has 0 unspecified atom stereocenters. The summed E-state index contributed by atoms with van der Waals surface area (Å²) >= 11 is 0. The fraction of sp³-hybridized carbons (Fsp3) is 0.800. The molecule has 0 rings (SSSR count). The average molecular weight is 213 g/mol. The van der Waals surface area contributed by atoms with E-state index in [0.29, 0.717) is 0 Å². The first-order chi connectivity index (χ1) is 7.02. The number of amidine groups is 1. The van der Waals surface area contributed by atoms with Gasteiger partial charge in [0.05, 0.1) is 0 Å². The smallest absolute Gasteiger partial charge is 0.221 e. The van der Waals surface area contributed by atoms with Crippen molar-refractivity contribution in [2.45, 2.75) is 6.92 Å². The van der Waals surface area contributed by atoms with Crippen molar-refractivity contribution in [1.82, 2.24) is 15.1 Å². The number of hydrogen-bond donors (Lipinski definition) is 1. The van der Waals surface area contributed by atoms with E-state index in [0.717, 1.165) is 24.9 Å². The Labute approximate surface area is 92.9 Å². The molecule has 0 heterocycles. The first kappa shape index (κ1) is 13.9. The molecule has 0 bridgehead atoms. The van der Waals surface area contributed by atoms with Crippen molar-refractivity contribution in [3.8, 4) is 0 Å². The molecule has 5 nitrogen and oxygen atoms in total. The number of nitrogens with zero attached hydrogens (tertiary/aromatic N) is 4. The van der Waals surface area contributed by atoms with E-state index in [-0.39, 0.29) is 0 Å². The molecule has 88 valence electrons. The Hall–Kier alpha value is -1.10. The fourth-order valence-electron chi connectivity index (χ4n) is 1.02. The van der Waals surface area contributed by atoms with E-state index >= 15 is 0 Å². The Balaban J connectivity index is 4.39. The van der Waals surface area contributed by atoms with Crippen molar-refractivity contribution in [1.29, 1.82) is 0 Å². The number of rotatable bonds is 3. The molecule has 0 aromatic rings. The third-order valence-electron chi connectivity index (χ3n) is 2.11. The van der Waals surface area contributed by atoms with Gasteiger partial charge in [-0.25, -0.2) is 4.99 Å². The van der Waals surface area contributed by atoms with E-state index in [1.165, 1.54) is 0 Å². The van der Waals surface area contributed by atoms with Crippen molar-refractivity contribution in [2.24, 2.45) is 9.98 Å². The zero-order valence-corrected chi connectivity index (χ0v) is 10.7. The highest BCUT2D eigenvalue weighted by Gasteiger charge is 2.03. The third kappa shape index (κ3) is 5.37. The summed E-state index contributed by atoms with van der Waals surface area (Å²) in [7, 11) is 9.59. The second-order valence-electron chi connectivity index (χ2n) is 3.60. The zero-order valence-electron chi connectivity index (χ0n) is 10.7. The lowest BCUT2D eigenvalue weighted by Gasteiger charge is -2.19. The van der Waals surface area contributed by atoms with E-state index in [4.69, 9.17) is 0 Å². The van der Waals surface area contributed by atoms with Crippen LogP contribution in [0.15, 0.2) is 9.98 Å². The summed E-state index contributed by atoms with van der Waals surface area (Å²) in [5, 5.41) is 3.11.